The highest BCUT2D eigenvalue weighted by atomic mass is 32.2. The van der Waals surface area contributed by atoms with Crippen LogP contribution in [0.4, 0.5) is 11.5 Å². The maximum atomic E-state index is 13.5. The summed E-state index contributed by atoms with van der Waals surface area (Å²) in [6.45, 7) is 1.21. The molecule has 5 N–H and O–H groups in total. The first-order valence-corrected chi connectivity index (χ1v) is 16.0. The number of carboxylic acids is 1. The number of carbonyl (C=O) groups is 3. The molecule has 0 unspecified atom stereocenters. The van der Waals surface area contributed by atoms with E-state index in [-0.39, 0.29) is 61.7 Å². The molecule has 5 rings (SSSR count). The molecule has 16 heteroatoms. The summed E-state index contributed by atoms with van der Waals surface area (Å²) in [6.07, 6.45) is 2.93. The van der Waals surface area contributed by atoms with Crippen molar-refractivity contribution in [1.29, 1.82) is 0 Å². The fourth-order valence-corrected chi connectivity index (χ4v) is 5.90. The van der Waals surface area contributed by atoms with Crippen LogP contribution in [-0.2, 0) is 35.5 Å². The van der Waals surface area contributed by atoms with Gasteiger partial charge in [0, 0.05) is 12.1 Å². The zero-order valence-corrected chi connectivity index (χ0v) is 26.0. The van der Waals surface area contributed by atoms with Crippen molar-refractivity contribution in [3.8, 4) is 17.0 Å². The lowest BCUT2D eigenvalue weighted by molar-refractivity contribution is -0.137. The number of para-hydroxylation sites is 1. The highest BCUT2D eigenvalue weighted by molar-refractivity contribution is 7.89. The predicted octanol–water partition coefficient (Wildman–Crippen LogP) is 1.55. The van der Waals surface area contributed by atoms with Crippen molar-refractivity contribution < 1.29 is 42.1 Å². The van der Waals surface area contributed by atoms with Gasteiger partial charge in [0.1, 0.15) is 18.9 Å². The smallest absolute Gasteiger partial charge is 0.322 e. The summed E-state index contributed by atoms with van der Waals surface area (Å²) in [7, 11) is -4.22. The van der Waals surface area contributed by atoms with Crippen LogP contribution in [0.25, 0.3) is 11.3 Å². The Morgan fingerprint density at radius 2 is 1.78 bits per heavy atom. The van der Waals surface area contributed by atoms with E-state index >= 15 is 0 Å². The number of nitrogens with two attached hydrogens (primary N) is 1. The van der Waals surface area contributed by atoms with E-state index in [1.54, 1.807) is 6.07 Å². The predicted molar refractivity (Wildman–Crippen MR) is 167 cm³/mol. The first kappa shape index (κ1) is 34.2. The molecular formula is C30H36N6O9S. The Morgan fingerprint density at radius 3 is 2.50 bits per heavy atom. The number of aromatic nitrogens is 2. The van der Waals surface area contributed by atoms with Crippen molar-refractivity contribution in [2.24, 2.45) is 0 Å². The number of aryl methyl sites for hydroxylation is 1. The number of nitrogen functional groups attached to an aromatic ring is 1. The Bertz CT molecular complexity index is 1650. The number of fused-ring (bicyclic) bond motifs is 13. The molecule has 1 aromatic heterocycles. The van der Waals surface area contributed by atoms with Crippen molar-refractivity contribution >= 4 is 39.3 Å². The molecule has 0 saturated carbocycles. The number of carbonyl (C=O) groups excluding carboxylic acids is 2. The van der Waals surface area contributed by atoms with E-state index in [9.17, 15) is 22.8 Å². The van der Waals surface area contributed by atoms with Gasteiger partial charge in [-0.1, -0.05) is 37.6 Å². The summed E-state index contributed by atoms with van der Waals surface area (Å²) in [4.78, 5) is 45.0. The van der Waals surface area contributed by atoms with Crippen molar-refractivity contribution in [3.63, 3.8) is 0 Å². The number of sulfonamides is 1. The zero-order chi connectivity index (χ0) is 33.1. The van der Waals surface area contributed by atoms with E-state index in [4.69, 9.17) is 25.1 Å². The van der Waals surface area contributed by atoms with Crippen molar-refractivity contribution in [2.75, 3.05) is 63.7 Å². The maximum Gasteiger partial charge on any atom is 0.322 e. The van der Waals surface area contributed by atoms with Crippen LogP contribution in [0, 0.1) is 0 Å². The minimum Gasteiger partial charge on any atom is -0.489 e. The van der Waals surface area contributed by atoms with Gasteiger partial charge in [-0.25, -0.2) is 18.4 Å². The average Bonchev–Trinajstić information content (AvgIpc) is 3.03. The van der Waals surface area contributed by atoms with Gasteiger partial charge in [-0.15, -0.1) is 0 Å². The molecule has 2 aliphatic heterocycles. The van der Waals surface area contributed by atoms with Crippen molar-refractivity contribution in [3.05, 3.63) is 59.9 Å². The molecule has 0 spiro atoms. The number of carboxylic acid groups (broad SMARTS) is 1. The molecular weight excluding hydrogens is 620 g/mol. The number of anilines is 2. The molecule has 246 valence electrons. The molecule has 46 heavy (non-hydrogen) atoms. The second-order valence-electron chi connectivity index (χ2n) is 10.1. The second kappa shape index (κ2) is 16.1. The van der Waals surface area contributed by atoms with Crippen LogP contribution in [0.15, 0.2) is 53.6 Å². The summed E-state index contributed by atoms with van der Waals surface area (Å²) in [5.74, 6) is -2.27. The van der Waals surface area contributed by atoms with Crippen molar-refractivity contribution in [2.45, 2.75) is 24.7 Å². The largest absolute Gasteiger partial charge is 0.489 e. The normalized spacial score (nSPS) is 16.2. The van der Waals surface area contributed by atoms with E-state index in [1.807, 2.05) is 19.1 Å². The van der Waals surface area contributed by atoms with E-state index in [0.717, 1.165) is 22.7 Å². The van der Waals surface area contributed by atoms with Gasteiger partial charge in [-0.05, 0) is 30.2 Å². The lowest BCUT2D eigenvalue weighted by Gasteiger charge is -2.22. The van der Waals surface area contributed by atoms with Crippen molar-refractivity contribution in [1.82, 2.24) is 19.6 Å². The number of rotatable bonds is 6. The summed E-state index contributed by atoms with van der Waals surface area (Å²) < 4.78 is 45.2. The molecule has 2 aliphatic rings. The Morgan fingerprint density at radius 1 is 1.07 bits per heavy atom. The number of nitrogens with one attached hydrogen (secondary N) is 2. The number of ether oxygens (including phenoxy) is 3. The number of benzene rings is 2. The first-order valence-electron chi connectivity index (χ1n) is 14.5. The molecule has 2 aromatic carbocycles. The summed E-state index contributed by atoms with van der Waals surface area (Å²) >= 11 is 0. The molecule has 4 bridgehead atoms. The van der Waals surface area contributed by atoms with Crippen LogP contribution >= 0.6 is 0 Å². The Kier molecular flexibility index (Phi) is 12.0. The fourth-order valence-electron chi connectivity index (χ4n) is 4.52. The van der Waals surface area contributed by atoms with Gasteiger partial charge in [0.2, 0.25) is 15.9 Å². The third kappa shape index (κ3) is 8.97. The second-order valence-corrected chi connectivity index (χ2v) is 12.0. The van der Waals surface area contributed by atoms with Gasteiger partial charge in [-0.3, -0.25) is 14.4 Å². The minimum atomic E-state index is -4.22. The Balaban J connectivity index is 1.66. The van der Waals surface area contributed by atoms with E-state index in [2.05, 4.69) is 20.6 Å². The van der Waals surface area contributed by atoms with Crippen LogP contribution in [0.3, 0.4) is 0 Å². The van der Waals surface area contributed by atoms with Gasteiger partial charge in [0.05, 0.1) is 55.4 Å². The monoisotopic (exact) mass is 656 g/mol. The van der Waals surface area contributed by atoms with Gasteiger partial charge >= 0.3 is 5.97 Å². The average molecular weight is 657 g/mol. The molecule has 0 saturated heterocycles. The lowest BCUT2D eigenvalue weighted by Crippen LogP contribution is -2.43. The quantitative estimate of drug-likeness (QED) is 0.278. The molecule has 3 heterocycles. The molecule has 3 aromatic rings. The standard InChI is InChI=1S/C30H36N6O9S/c1-2-4-21-5-3-6-23-28(21)45-16-15-44-14-13-43-12-11-36(19-25(37)32-18-26(38)39)46(41,42)22-9-7-20(8-10-22)24-17-33-29(31)27(34-24)30(40)35-23/h3,5-10,17H,2,4,11-16,18-19H2,1H3,(H2,31,33)(H,32,37)(H,35,40)(H,38,39). The molecule has 15 nitrogen and oxygen atoms in total. The highest BCUT2D eigenvalue weighted by Crippen LogP contribution is 2.31. The van der Waals surface area contributed by atoms with Crippen LogP contribution in [0.5, 0.6) is 5.75 Å². The highest BCUT2D eigenvalue weighted by Gasteiger charge is 2.27. The van der Waals surface area contributed by atoms with Gasteiger partial charge in [0.25, 0.3) is 5.91 Å². The molecule has 0 radical (unpaired) electrons. The van der Waals surface area contributed by atoms with Crippen LogP contribution < -0.4 is 21.1 Å². The van der Waals surface area contributed by atoms with Crippen LogP contribution in [0.2, 0.25) is 0 Å². The zero-order valence-electron chi connectivity index (χ0n) is 25.2. The Hall–Kier alpha value is -4.64. The molecule has 0 aliphatic carbocycles. The number of hydrogen-bond acceptors (Lipinski definition) is 11. The fraction of sp³-hybridized carbons (Fsp3) is 0.367. The molecule has 0 atom stereocenters. The lowest BCUT2D eigenvalue weighted by atomic mass is 10.1. The van der Waals surface area contributed by atoms with Gasteiger partial charge in [0.15, 0.2) is 11.5 Å². The molecule has 2 amide bonds. The van der Waals surface area contributed by atoms with Gasteiger partial charge < -0.3 is 35.7 Å². The van der Waals surface area contributed by atoms with E-state index in [0.29, 0.717) is 17.0 Å². The van der Waals surface area contributed by atoms with Crippen LogP contribution in [0.1, 0.15) is 29.4 Å². The first-order chi connectivity index (χ1) is 22.1. The molecule has 0 fully saturated rings. The third-order valence-electron chi connectivity index (χ3n) is 6.76. The van der Waals surface area contributed by atoms with E-state index in [1.165, 1.54) is 30.5 Å². The Labute approximate surface area is 266 Å². The number of hydrogen-bond donors (Lipinski definition) is 4. The summed E-state index contributed by atoms with van der Waals surface area (Å²) in [5.41, 5.74) is 7.95. The number of nitrogens with zero attached hydrogens (tertiary/aromatic N) is 3. The minimum absolute atomic E-state index is 0.0549. The van der Waals surface area contributed by atoms with E-state index < -0.39 is 40.9 Å². The topological polar surface area (TPSA) is 212 Å². The van der Waals surface area contributed by atoms with Gasteiger partial charge in [-0.2, -0.15) is 4.31 Å². The van der Waals surface area contributed by atoms with Crippen LogP contribution in [-0.4, -0.2) is 98.2 Å². The summed E-state index contributed by atoms with van der Waals surface area (Å²) in [6, 6.07) is 11.1. The third-order valence-corrected chi connectivity index (χ3v) is 8.62. The number of aliphatic carboxylic acids is 1. The SMILES string of the molecule is CCCc1cccc2c1OCCOCCOCCN(CC(=O)NCC(=O)O)S(=O)(=O)c1ccc(cc1)-c1cnc(N)c(n1)C(=O)N2. The number of amides is 2. The summed E-state index contributed by atoms with van der Waals surface area (Å²) in [5, 5.41) is 13.9. The maximum absolute atomic E-state index is 13.5.